The molecule has 0 bridgehead atoms. The average molecular weight is 754 g/mol. The first-order chi connectivity index (χ1) is 15.7. The van der Waals surface area contributed by atoms with Crippen LogP contribution in [0.1, 0.15) is 157 Å². The van der Waals surface area contributed by atoms with E-state index in [1.807, 2.05) is 0 Å². The van der Waals surface area contributed by atoms with Crippen molar-refractivity contribution in [2.75, 3.05) is 0 Å². The average Bonchev–Trinajstić information content (AvgIpc) is 2.80. The smallest absolute Gasteiger partial charge is 0 e. The number of rotatable bonds is 24. The molecule has 0 saturated carbocycles. The first-order valence-electron chi connectivity index (χ1n) is 15.1. The second-order valence-corrected chi connectivity index (χ2v) is 21.2. The zero-order valence-corrected chi connectivity index (χ0v) is 31.8. The zero-order valence-electron chi connectivity index (χ0n) is 24.9. The van der Waals surface area contributed by atoms with Crippen molar-refractivity contribution in [3.63, 3.8) is 0 Å². The van der Waals surface area contributed by atoms with Crippen LogP contribution in [0.4, 0.5) is 0 Å². The van der Waals surface area contributed by atoms with Crippen LogP contribution in [0.2, 0.25) is 31.3 Å². The summed E-state index contributed by atoms with van der Waals surface area (Å²) in [6, 6.07) is 0. The molecule has 0 fully saturated rings. The van der Waals surface area contributed by atoms with Gasteiger partial charge in [-0.1, -0.05) is 0 Å². The summed E-state index contributed by atoms with van der Waals surface area (Å²) in [5.41, 5.74) is 0. The Bertz CT molecular complexity index is 245. The minimum Gasteiger partial charge on any atom is -1.00 e. The van der Waals surface area contributed by atoms with Crippen LogP contribution in [0.5, 0.6) is 0 Å². The Hall–Kier alpha value is 2.36. The molecule has 0 aliphatic carbocycles. The van der Waals surface area contributed by atoms with Crippen molar-refractivity contribution in [3.8, 4) is 0 Å². The van der Waals surface area contributed by atoms with Crippen molar-refractivity contribution >= 4 is 29.3 Å². The van der Waals surface area contributed by atoms with Crippen LogP contribution >= 0.6 is 0 Å². The summed E-state index contributed by atoms with van der Waals surface area (Å²) in [6.45, 7) is 13.9. The second-order valence-electron chi connectivity index (χ2n) is 9.93. The van der Waals surface area contributed by atoms with Gasteiger partial charge in [-0.2, -0.15) is 0 Å². The molecular formula is C30H66As2Cl2Pd-2. The predicted octanol–water partition coefficient (Wildman–Crippen LogP) is 6.11. The van der Waals surface area contributed by atoms with Gasteiger partial charge >= 0.3 is 218 Å². The molecule has 0 atom stereocenters. The molecule has 0 N–H and O–H groups in total. The number of hydrogen-bond donors (Lipinski definition) is 0. The molecule has 0 heterocycles. The molecule has 0 saturated heterocycles. The van der Waals surface area contributed by atoms with Gasteiger partial charge in [0.15, 0.2) is 0 Å². The fourth-order valence-electron chi connectivity index (χ4n) is 4.18. The SMILES string of the molecule is CCCCC[As](CCCCC)CCCCC.CCCCC[As](CCCCC)CCCCC.[Cl-].[Cl-].[Pd]. The minimum atomic E-state index is -0.397. The molecule has 0 aromatic carbocycles. The van der Waals surface area contributed by atoms with Gasteiger partial charge in [-0.25, -0.2) is 0 Å². The van der Waals surface area contributed by atoms with Gasteiger partial charge in [-0.05, 0) is 0 Å². The van der Waals surface area contributed by atoms with Gasteiger partial charge in [-0.3, -0.25) is 0 Å². The van der Waals surface area contributed by atoms with E-state index in [2.05, 4.69) is 41.5 Å². The van der Waals surface area contributed by atoms with E-state index in [-0.39, 0.29) is 45.2 Å². The largest absolute Gasteiger partial charge is 1.00 e. The molecule has 0 spiro atoms. The molecule has 0 rings (SSSR count). The summed E-state index contributed by atoms with van der Waals surface area (Å²) in [7, 11) is 0. The molecule has 0 aliphatic rings. The maximum Gasteiger partial charge on any atom is 0 e. The third-order valence-electron chi connectivity index (χ3n) is 6.47. The minimum absolute atomic E-state index is 0. The predicted molar refractivity (Wildman–Crippen MR) is 157 cm³/mol. The van der Waals surface area contributed by atoms with E-state index in [4.69, 9.17) is 0 Å². The fraction of sp³-hybridized carbons (Fsp3) is 1.00. The Morgan fingerprint density at radius 3 is 0.543 bits per heavy atom. The van der Waals surface area contributed by atoms with Crippen molar-refractivity contribution in [1.29, 1.82) is 0 Å². The fourth-order valence-corrected chi connectivity index (χ4v) is 15.4. The molecule has 0 aromatic rings. The van der Waals surface area contributed by atoms with E-state index in [0.29, 0.717) is 0 Å². The normalized spacial score (nSPS) is 10.3. The molecule has 0 aromatic heterocycles. The monoisotopic (exact) mass is 752 g/mol. The third kappa shape index (κ3) is 41.0. The summed E-state index contributed by atoms with van der Waals surface area (Å²) >= 11 is -0.795. The molecule has 0 amide bonds. The maximum absolute atomic E-state index is 2.32. The van der Waals surface area contributed by atoms with Gasteiger partial charge in [0, 0.05) is 20.4 Å². The van der Waals surface area contributed by atoms with Crippen molar-refractivity contribution in [1.82, 2.24) is 0 Å². The summed E-state index contributed by atoms with van der Waals surface area (Å²) in [5, 5.41) is 9.88. The standard InChI is InChI=1S/2C15H33As.2ClH.Pd/c2*1-4-7-10-13-16(14-11-8-5-2)15-12-9-6-3;;;/h2*4-15H2,1-3H3;2*1H;/p-2. The first kappa shape index (κ1) is 47.2. The van der Waals surface area contributed by atoms with Gasteiger partial charge in [0.25, 0.3) is 0 Å². The van der Waals surface area contributed by atoms with Crippen LogP contribution in [0, 0.1) is 0 Å². The van der Waals surface area contributed by atoms with E-state index in [9.17, 15) is 0 Å². The quantitative estimate of drug-likeness (QED) is 0.0826. The third-order valence-corrected chi connectivity index (χ3v) is 18.4. The second kappa shape index (κ2) is 43.4. The molecule has 0 aliphatic heterocycles. The van der Waals surface area contributed by atoms with E-state index in [1.165, 1.54) is 116 Å². The first-order valence-corrected chi connectivity index (χ1v) is 23.1. The van der Waals surface area contributed by atoms with E-state index < -0.39 is 29.3 Å². The number of unbranched alkanes of at least 4 members (excludes halogenated alkanes) is 12. The van der Waals surface area contributed by atoms with Crippen molar-refractivity contribution < 1.29 is 45.2 Å². The molecule has 0 unspecified atom stereocenters. The summed E-state index contributed by atoms with van der Waals surface area (Å²) in [4.78, 5) is 0. The molecular weight excluding hydrogens is 688 g/mol. The van der Waals surface area contributed by atoms with Crippen LogP contribution in [0.25, 0.3) is 0 Å². The van der Waals surface area contributed by atoms with Crippen LogP contribution in [-0.4, -0.2) is 29.3 Å². The number of halogens is 2. The molecule has 35 heavy (non-hydrogen) atoms. The van der Waals surface area contributed by atoms with Crippen molar-refractivity contribution in [3.05, 3.63) is 0 Å². The Labute approximate surface area is 260 Å². The van der Waals surface area contributed by atoms with E-state index in [0.717, 1.165) is 0 Å². The van der Waals surface area contributed by atoms with E-state index in [1.54, 1.807) is 31.3 Å². The number of hydrogen-bond acceptors (Lipinski definition) is 0. The van der Waals surface area contributed by atoms with Gasteiger partial charge < -0.3 is 24.8 Å². The molecule has 5 heteroatoms. The summed E-state index contributed by atoms with van der Waals surface area (Å²) < 4.78 is 0. The molecule has 0 nitrogen and oxygen atoms in total. The Balaban J connectivity index is -0.000000158. The zero-order chi connectivity index (χ0) is 24.1. The van der Waals surface area contributed by atoms with Gasteiger partial charge in [-0.15, -0.1) is 0 Å². The van der Waals surface area contributed by atoms with Crippen molar-refractivity contribution in [2.45, 2.75) is 188 Å². The van der Waals surface area contributed by atoms with Crippen LogP contribution in [-0.2, 0) is 20.4 Å². The summed E-state index contributed by atoms with van der Waals surface area (Å²) in [6.07, 6.45) is 26.5. The van der Waals surface area contributed by atoms with Crippen LogP contribution in [0.15, 0.2) is 0 Å². The Kier molecular flexibility index (Phi) is 58.5. The molecule has 0 radical (unpaired) electrons. The summed E-state index contributed by atoms with van der Waals surface area (Å²) in [5.74, 6) is 0. The van der Waals surface area contributed by atoms with E-state index >= 15 is 0 Å². The van der Waals surface area contributed by atoms with Gasteiger partial charge in [0.2, 0.25) is 0 Å². The van der Waals surface area contributed by atoms with Gasteiger partial charge in [0.1, 0.15) is 0 Å². The Morgan fingerprint density at radius 1 is 0.286 bits per heavy atom. The van der Waals surface area contributed by atoms with Gasteiger partial charge in [0.05, 0.1) is 0 Å². The Morgan fingerprint density at radius 2 is 0.429 bits per heavy atom. The van der Waals surface area contributed by atoms with Crippen LogP contribution < -0.4 is 24.8 Å². The maximum atomic E-state index is 2.32. The topological polar surface area (TPSA) is 0 Å². The van der Waals surface area contributed by atoms with Crippen LogP contribution in [0.3, 0.4) is 0 Å². The van der Waals surface area contributed by atoms with Crippen molar-refractivity contribution in [2.24, 2.45) is 0 Å². The molecule has 222 valence electrons.